The normalized spacial score (nSPS) is 22.2. The van der Waals surface area contributed by atoms with Gasteiger partial charge in [-0.1, -0.05) is 0 Å². The molecule has 2 N–H and O–H groups in total. The van der Waals surface area contributed by atoms with Gasteiger partial charge in [0.25, 0.3) is 0 Å². The molecule has 7 heteroatoms. The Hall–Kier alpha value is -2.15. The van der Waals surface area contributed by atoms with Crippen LogP contribution >= 0.6 is 0 Å². The van der Waals surface area contributed by atoms with E-state index in [0.717, 1.165) is 12.2 Å². The third kappa shape index (κ3) is 2.32. The lowest BCUT2D eigenvalue weighted by molar-refractivity contribution is 0.397. The molecule has 0 aromatic carbocycles. The second kappa shape index (κ2) is 5.09. The van der Waals surface area contributed by atoms with Crippen molar-refractivity contribution < 1.29 is 4.74 Å². The van der Waals surface area contributed by atoms with Crippen molar-refractivity contribution in [3.63, 3.8) is 0 Å². The molecule has 0 spiro atoms. The molecule has 1 aliphatic heterocycles. The van der Waals surface area contributed by atoms with Crippen molar-refractivity contribution in [3.05, 3.63) is 30.5 Å². The molecule has 106 valence electrons. The average Bonchev–Trinajstić information content (AvgIpc) is 3.05. The molecule has 20 heavy (non-hydrogen) atoms. The van der Waals surface area contributed by atoms with E-state index < -0.39 is 0 Å². The van der Waals surface area contributed by atoms with Gasteiger partial charge in [0, 0.05) is 50.6 Å². The summed E-state index contributed by atoms with van der Waals surface area (Å²) >= 11 is 0. The van der Waals surface area contributed by atoms with Gasteiger partial charge in [-0.05, 0) is 0 Å². The quantitative estimate of drug-likeness (QED) is 0.858. The lowest BCUT2D eigenvalue weighted by atomic mass is 10.0. The van der Waals surface area contributed by atoms with E-state index in [0.29, 0.717) is 18.4 Å². The van der Waals surface area contributed by atoms with Gasteiger partial charge in [0.2, 0.25) is 11.8 Å². The maximum Gasteiger partial charge on any atom is 0.228 e. The Morgan fingerprint density at radius 2 is 2.20 bits per heavy atom. The van der Waals surface area contributed by atoms with Crippen LogP contribution in [-0.4, -0.2) is 45.8 Å². The predicted octanol–water partition coefficient (Wildman–Crippen LogP) is 0.150. The molecule has 0 saturated carbocycles. The first-order valence-electron chi connectivity index (χ1n) is 6.53. The number of nitrogens with zero attached hydrogens (tertiary/aromatic N) is 5. The van der Waals surface area contributed by atoms with E-state index in [2.05, 4.69) is 19.9 Å². The topological polar surface area (TPSA) is 82.1 Å². The number of imidazole rings is 1. The van der Waals surface area contributed by atoms with Crippen LogP contribution in [0.5, 0.6) is 5.88 Å². The standard InChI is InChI=1S/C13H18N6O/c1-18-7-11(16-8-18)9-5-19(6-10(9)14)13-15-4-3-12(17-13)20-2/h3-4,7-10H,5-6,14H2,1-2H3/t9-,10-/m1/s1. The Morgan fingerprint density at radius 3 is 2.90 bits per heavy atom. The van der Waals surface area contributed by atoms with Crippen molar-refractivity contribution in [2.24, 2.45) is 12.8 Å². The minimum absolute atomic E-state index is 0.0275. The van der Waals surface area contributed by atoms with Crippen molar-refractivity contribution in [1.82, 2.24) is 19.5 Å². The average molecular weight is 274 g/mol. The number of aryl methyl sites for hydroxylation is 1. The summed E-state index contributed by atoms with van der Waals surface area (Å²) in [7, 11) is 3.55. The van der Waals surface area contributed by atoms with Crippen molar-refractivity contribution in [3.8, 4) is 5.88 Å². The highest BCUT2D eigenvalue weighted by Crippen LogP contribution is 2.27. The number of anilines is 1. The monoisotopic (exact) mass is 274 g/mol. The number of nitrogens with two attached hydrogens (primary N) is 1. The zero-order chi connectivity index (χ0) is 14.1. The van der Waals surface area contributed by atoms with Crippen LogP contribution in [0.1, 0.15) is 11.6 Å². The van der Waals surface area contributed by atoms with Gasteiger partial charge in [-0.25, -0.2) is 9.97 Å². The highest BCUT2D eigenvalue weighted by atomic mass is 16.5. The van der Waals surface area contributed by atoms with Gasteiger partial charge in [-0.2, -0.15) is 4.98 Å². The summed E-state index contributed by atoms with van der Waals surface area (Å²) in [5.74, 6) is 1.41. The Bertz CT molecular complexity index is 598. The summed E-state index contributed by atoms with van der Waals surface area (Å²) < 4.78 is 7.07. The number of aromatic nitrogens is 4. The molecule has 2 aromatic heterocycles. The number of rotatable bonds is 3. The zero-order valence-electron chi connectivity index (χ0n) is 11.6. The molecular formula is C13H18N6O. The number of methoxy groups -OCH3 is 1. The van der Waals surface area contributed by atoms with Crippen molar-refractivity contribution in [2.45, 2.75) is 12.0 Å². The van der Waals surface area contributed by atoms with Gasteiger partial charge in [0.1, 0.15) is 0 Å². The molecule has 0 bridgehead atoms. The first-order chi connectivity index (χ1) is 9.67. The van der Waals surface area contributed by atoms with E-state index in [1.54, 1.807) is 25.7 Å². The Morgan fingerprint density at radius 1 is 1.35 bits per heavy atom. The summed E-state index contributed by atoms with van der Waals surface area (Å²) in [6.07, 6.45) is 5.51. The Labute approximate surface area is 117 Å². The molecule has 3 rings (SSSR count). The van der Waals surface area contributed by atoms with Crippen LogP contribution in [0.4, 0.5) is 5.95 Å². The predicted molar refractivity (Wildman–Crippen MR) is 74.7 cm³/mol. The molecule has 1 fully saturated rings. The second-order valence-corrected chi connectivity index (χ2v) is 5.04. The molecular weight excluding hydrogens is 256 g/mol. The van der Waals surface area contributed by atoms with E-state index in [1.807, 2.05) is 17.8 Å². The molecule has 1 saturated heterocycles. The maximum atomic E-state index is 6.24. The highest BCUT2D eigenvalue weighted by molar-refractivity contribution is 5.37. The highest BCUT2D eigenvalue weighted by Gasteiger charge is 2.34. The lowest BCUT2D eigenvalue weighted by Gasteiger charge is -2.15. The van der Waals surface area contributed by atoms with Crippen molar-refractivity contribution >= 4 is 5.95 Å². The van der Waals surface area contributed by atoms with E-state index in [1.165, 1.54) is 0 Å². The first kappa shape index (κ1) is 12.9. The zero-order valence-corrected chi connectivity index (χ0v) is 11.6. The van der Waals surface area contributed by atoms with Gasteiger partial charge in [-0.3, -0.25) is 0 Å². The first-order valence-corrected chi connectivity index (χ1v) is 6.53. The molecule has 0 amide bonds. The summed E-state index contributed by atoms with van der Waals surface area (Å²) in [5.41, 5.74) is 7.26. The SMILES string of the molecule is COc1ccnc(N2C[C@@H](N)[C@H](c3cn(C)cn3)C2)n1. The fourth-order valence-electron chi connectivity index (χ4n) is 2.53. The van der Waals surface area contributed by atoms with Crippen LogP contribution in [0.15, 0.2) is 24.8 Å². The Kier molecular flexibility index (Phi) is 3.27. The molecule has 0 aliphatic carbocycles. The number of hydrogen-bond acceptors (Lipinski definition) is 6. The number of hydrogen-bond donors (Lipinski definition) is 1. The smallest absolute Gasteiger partial charge is 0.228 e. The van der Waals surface area contributed by atoms with Gasteiger partial charge in [0.05, 0.1) is 19.1 Å². The van der Waals surface area contributed by atoms with E-state index in [9.17, 15) is 0 Å². The fourth-order valence-corrected chi connectivity index (χ4v) is 2.53. The summed E-state index contributed by atoms with van der Waals surface area (Å²) in [6.45, 7) is 1.49. The van der Waals surface area contributed by atoms with Crippen LogP contribution < -0.4 is 15.4 Å². The maximum absolute atomic E-state index is 6.24. The summed E-state index contributed by atoms with van der Waals surface area (Å²) in [6, 6.07) is 1.76. The third-order valence-corrected chi connectivity index (χ3v) is 3.58. The van der Waals surface area contributed by atoms with Crippen molar-refractivity contribution in [2.75, 3.05) is 25.1 Å². The van der Waals surface area contributed by atoms with E-state index in [4.69, 9.17) is 10.5 Å². The van der Waals surface area contributed by atoms with Gasteiger partial charge in [0.15, 0.2) is 0 Å². The lowest BCUT2D eigenvalue weighted by Crippen LogP contribution is -2.29. The van der Waals surface area contributed by atoms with E-state index in [-0.39, 0.29) is 12.0 Å². The van der Waals surface area contributed by atoms with Gasteiger partial charge >= 0.3 is 0 Å². The molecule has 7 nitrogen and oxygen atoms in total. The van der Waals surface area contributed by atoms with Crippen molar-refractivity contribution in [1.29, 1.82) is 0 Å². The minimum atomic E-state index is 0.0275. The van der Waals surface area contributed by atoms with Crippen LogP contribution in [0.3, 0.4) is 0 Å². The van der Waals surface area contributed by atoms with Gasteiger partial charge in [-0.15, -0.1) is 0 Å². The van der Waals surface area contributed by atoms with Gasteiger partial charge < -0.3 is 19.9 Å². The molecule has 3 heterocycles. The Balaban J connectivity index is 1.80. The van der Waals surface area contributed by atoms with Crippen LogP contribution in [-0.2, 0) is 7.05 Å². The molecule has 0 unspecified atom stereocenters. The molecule has 0 radical (unpaired) electrons. The third-order valence-electron chi connectivity index (χ3n) is 3.58. The fraction of sp³-hybridized carbons (Fsp3) is 0.462. The number of ether oxygens (including phenoxy) is 1. The van der Waals surface area contributed by atoms with E-state index >= 15 is 0 Å². The largest absolute Gasteiger partial charge is 0.481 e. The summed E-state index contributed by atoms with van der Waals surface area (Å²) in [5, 5.41) is 0. The van der Waals surface area contributed by atoms with Crippen LogP contribution in [0, 0.1) is 0 Å². The van der Waals surface area contributed by atoms with Crippen LogP contribution in [0.2, 0.25) is 0 Å². The molecule has 2 aromatic rings. The molecule has 2 atom stereocenters. The summed E-state index contributed by atoms with van der Waals surface area (Å²) in [4.78, 5) is 15.1. The van der Waals surface area contributed by atoms with Crippen LogP contribution in [0.25, 0.3) is 0 Å². The minimum Gasteiger partial charge on any atom is -0.481 e. The molecule has 1 aliphatic rings. The second-order valence-electron chi connectivity index (χ2n) is 5.04.